The Balaban J connectivity index is 2.10. The standard InChI is InChI=1S/C24H20BCl2F3OS/c1-15-9-17(7-8-21(15)25)22(31)13-23(24(28,29)30,18-10-19(26)12-20(27)11-18)32-14-16-5-3-2-4-6-16/h2-12H,13-14,25H2,1H3. The van der Waals surface area contributed by atoms with E-state index in [9.17, 15) is 18.0 Å². The minimum atomic E-state index is -4.74. The van der Waals surface area contributed by atoms with Crippen LogP contribution >= 0.6 is 35.0 Å². The molecule has 0 radical (unpaired) electrons. The highest BCUT2D eigenvalue weighted by atomic mass is 35.5. The monoisotopic (exact) mass is 494 g/mol. The molecule has 0 saturated carbocycles. The van der Waals surface area contributed by atoms with Crippen molar-refractivity contribution in [2.75, 3.05) is 0 Å². The molecule has 1 nitrogen and oxygen atoms in total. The second-order valence-corrected chi connectivity index (χ2v) is 9.80. The van der Waals surface area contributed by atoms with Crippen molar-refractivity contribution < 1.29 is 18.0 Å². The molecule has 0 heterocycles. The van der Waals surface area contributed by atoms with Crippen LogP contribution in [0.2, 0.25) is 10.0 Å². The lowest BCUT2D eigenvalue weighted by Crippen LogP contribution is -2.41. The Labute approximate surface area is 200 Å². The quantitative estimate of drug-likeness (QED) is 0.274. The summed E-state index contributed by atoms with van der Waals surface area (Å²) in [7, 11) is 1.88. The number of ketones is 1. The average molecular weight is 495 g/mol. The second-order valence-electron chi connectivity index (χ2n) is 7.66. The van der Waals surface area contributed by atoms with Gasteiger partial charge in [-0.15, -0.1) is 11.8 Å². The highest BCUT2D eigenvalue weighted by Gasteiger charge is 2.57. The van der Waals surface area contributed by atoms with Gasteiger partial charge in [0.2, 0.25) is 0 Å². The van der Waals surface area contributed by atoms with Crippen LogP contribution in [0.25, 0.3) is 0 Å². The highest BCUT2D eigenvalue weighted by Crippen LogP contribution is 2.54. The van der Waals surface area contributed by atoms with Crippen molar-refractivity contribution >= 4 is 54.1 Å². The summed E-state index contributed by atoms with van der Waals surface area (Å²) < 4.78 is 41.8. The number of rotatable bonds is 7. The molecule has 0 aliphatic rings. The van der Waals surface area contributed by atoms with E-state index in [1.807, 2.05) is 14.8 Å². The maximum absolute atomic E-state index is 14.8. The van der Waals surface area contributed by atoms with Gasteiger partial charge in [-0.25, -0.2) is 0 Å². The SMILES string of the molecule is Bc1ccc(C(=O)CC(SCc2ccccc2)(c2cc(Cl)cc(Cl)c2)C(F)(F)F)cc1C. The van der Waals surface area contributed by atoms with Gasteiger partial charge in [-0.3, -0.25) is 4.79 Å². The van der Waals surface area contributed by atoms with E-state index >= 15 is 0 Å². The number of benzene rings is 3. The van der Waals surface area contributed by atoms with E-state index in [4.69, 9.17) is 23.2 Å². The molecule has 0 N–H and O–H groups in total. The molecule has 3 aromatic carbocycles. The summed E-state index contributed by atoms with van der Waals surface area (Å²) >= 11 is 12.8. The van der Waals surface area contributed by atoms with Crippen molar-refractivity contribution in [1.82, 2.24) is 0 Å². The molecule has 0 saturated heterocycles. The highest BCUT2D eigenvalue weighted by molar-refractivity contribution is 7.99. The topological polar surface area (TPSA) is 17.1 Å². The average Bonchev–Trinajstić information content (AvgIpc) is 2.72. The number of hydrogen-bond donors (Lipinski definition) is 0. The summed E-state index contributed by atoms with van der Waals surface area (Å²) in [6, 6.07) is 17.6. The third-order valence-electron chi connectivity index (χ3n) is 5.35. The summed E-state index contributed by atoms with van der Waals surface area (Å²) in [6.07, 6.45) is -5.51. The van der Waals surface area contributed by atoms with Crippen LogP contribution in [0.5, 0.6) is 0 Å². The Bertz CT molecular complexity index is 1100. The number of carbonyl (C=O) groups excluding carboxylic acids is 1. The summed E-state index contributed by atoms with van der Waals surface area (Å²) in [5, 5.41) is 0.167. The third-order valence-corrected chi connectivity index (χ3v) is 7.37. The fourth-order valence-corrected chi connectivity index (χ4v) is 5.21. The third kappa shape index (κ3) is 5.53. The van der Waals surface area contributed by atoms with E-state index in [1.165, 1.54) is 18.2 Å². The van der Waals surface area contributed by atoms with E-state index in [0.29, 0.717) is 11.8 Å². The smallest absolute Gasteiger partial charge is 0.294 e. The first kappa shape index (κ1) is 24.8. The Morgan fingerprint density at radius 1 is 0.969 bits per heavy atom. The lowest BCUT2D eigenvalue weighted by atomic mass is 9.86. The predicted octanol–water partition coefficient (Wildman–Crippen LogP) is 6.52. The zero-order valence-electron chi connectivity index (χ0n) is 17.5. The Hall–Kier alpha value is -1.89. The largest absolute Gasteiger partial charge is 0.407 e. The molecule has 0 bridgehead atoms. The van der Waals surface area contributed by atoms with Gasteiger partial charge in [0.1, 0.15) is 12.6 Å². The molecule has 3 rings (SSSR count). The molecular formula is C24H20BCl2F3OS. The van der Waals surface area contributed by atoms with Crippen LogP contribution in [0.1, 0.15) is 33.5 Å². The molecule has 1 unspecified atom stereocenters. The van der Waals surface area contributed by atoms with Crippen LogP contribution in [0.15, 0.2) is 66.7 Å². The van der Waals surface area contributed by atoms with E-state index < -0.39 is 23.1 Å². The molecule has 8 heteroatoms. The number of hydrogen-bond acceptors (Lipinski definition) is 2. The number of carbonyl (C=O) groups is 1. The van der Waals surface area contributed by atoms with Gasteiger partial charge in [-0.1, -0.05) is 76.7 Å². The fraction of sp³-hybridized carbons (Fsp3) is 0.208. The van der Waals surface area contributed by atoms with E-state index in [-0.39, 0.29) is 26.9 Å². The summed E-state index contributed by atoms with van der Waals surface area (Å²) in [6.45, 7) is 1.82. The number of halogens is 5. The number of aryl methyl sites for hydroxylation is 1. The summed E-state index contributed by atoms with van der Waals surface area (Å²) in [5.41, 5.74) is 2.63. The molecule has 3 aromatic rings. The van der Waals surface area contributed by atoms with E-state index in [1.54, 1.807) is 48.5 Å². The summed E-state index contributed by atoms with van der Waals surface area (Å²) in [4.78, 5) is 13.1. The molecule has 0 aromatic heterocycles. The zero-order chi connectivity index (χ0) is 23.5. The first-order chi connectivity index (χ1) is 15.0. The molecular weight excluding hydrogens is 475 g/mol. The zero-order valence-corrected chi connectivity index (χ0v) is 19.8. The second kappa shape index (κ2) is 9.94. The number of alkyl halides is 3. The molecule has 1 atom stereocenters. The first-order valence-electron chi connectivity index (χ1n) is 9.83. The van der Waals surface area contributed by atoms with Crippen molar-refractivity contribution in [2.24, 2.45) is 0 Å². The predicted molar refractivity (Wildman–Crippen MR) is 130 cm³/mol. The van der Waals surface area contributed by atoms with Gasteiger partial charge in [0.05, 0.1) is 0 Å². The Morgan fingerprint density at radius 3 is 2.16 bits per heavy atom. The molecule has 32 heavy (non-hydrogen) atoms. The van der Waals surface area contributed by atoms with Crippen molar-refractivity contribution in [2.45, 2.75) is 30.0 Å². The Kier molecular flexibility index (Phi) is 7.69. The normalized spacial score (nSPS) is 13.6. The van der Waals surface area contributed by atoms with Crippen LogP contribution < -0.4 is 5.46 Å². The lowest BCUT2D eigenvalue weighted by Gasteiger charge is -2.36. The van der Waals surface area contributed by atoms with Gasteiger partial charge in [-0.2, -0.15) is 13.2 Å². The van der Waals surface area contributed by atoms with Crippen LogP contribution in [0.4, 0.5) is 13.2 Å². The maximum Gasteiger partial charge on any atom is 0.407 e. The van der Waals surface area contributed by atoms with Gasteiger partial charge in [-0.05, 0) is 42.3 Å². The van der Waals surface area contributed by atoms with Gasteiger partial charge in [0.25, 0.3) is 0 Å². The molecule has 0 amide bonds. The van der Waals surface area contributed by atoms with Crippen molar-refractivity contribution in [1.29, 1.82) is 0 Å². The molecule has 0 fully saturated rings. The first-order valence-corrected chi connectivity index (χ1v) is 11.6. The van der Waals surface area contributed by atoms with Gasteiger partial charge in [0.15, 0.2) is 5.78 Å². The van der Waals surface area contributed by atoms with E-state index in [0.717, 1.165) is 16.6 Å². The Morgan fingerprint density at radius 2 is 1.59 bits per heavy atom. The van der Waals surface area contributed by atoms with Crippen molar-refractivity contribution in [3.8, 4) is 0 Å². The van der Waals surface area contributed by atoms with Crippen LogP contribution in [-0.4, -0.2) is 19.8 Å². The van der Waals surface area contributed by atoms with Gasteiger partial charge >= 0.3 is 6.18 Å². The minimum absolute atomic E-state index is 0.0602. The fourth-order valence-electron chi connectivity index (χ4n) is 3.39. The van der Waals surface area contributed by atoms with Crippen LogP contribution in [0.3, 0.4) is 0 Å². The molecule has 166 valence electrons. The molecule has 0 aliphatic heterocycles. The molecule has 0 aliphatic carbocycles. The number of Topliss-reactive ketones (excluding diaryl/α,β-unsaturated/α-hetero) is 1. The van der Waals surface area contributed by atoms with E-state index in [2.05, 4.69) is 0 Å². The minimum Gasteiger partial charge on any atom is -0.294 e. The lowest BCUT2D eigenvalue weighted by molar-refractivity contribution is -0.161. The van der Waals surface area contributed by atoms with Gasteiger partial charge < -0.3 is 0 Å². The van der Waals surface area contributed by atoms with Crippen molar-refractivity contribution in [3.05, 3.63) is 99.0 Å². The number of thioether (sulfide) groups is 1. The summed E-state index contributed by atoms with van der Waals surface area (Å²) in [5.74, 6) is -0.535. The van der Waals surface area contributed by atoms with Crippen LogP contribution in [-0.2, 0) is 10.5 Å². The van der Waals surface area contributed by atoms with Crippen LogP contribution in [0, 0.1) is 6.92 Å². The molecule has 0 spiro atoms. The van der Waals surface area contributed by atoms with Gasteiger partial charge in [0, 0.05) is 27.8 Å². The maximum atomic E-state index is 14.8. The van der Waals surface area contributed by atoms with Crippen molar-refractivity contribution in [3.63, 3.8) is 0 Å².